The Morgan fingerprint density at radius 2 is 2.31 bits per heavy atom. The first-order chi connectivity index (χ1) is 7.88. The Hall–Kier alpha value is -0.930. The molecule has 1 aromatic rings. The topological polar surface area (TPSA) is 34.1 Å². The van der Waals surface area contributed by atoms with Crippen molar-refractivity contribution in [2.45, 2.75) is 32.4 Å². The summed E-state index contributed by atoms with van der Waals surface area (Å²) in [6.07, 6.45) is 5.94. The number of nitrogens with one attached hydrogen (secondary N) is 1. The average Bonchev–Trinajstić information content (AvgIpc) is 3.11. The lowest BCUT2D eigenvalue weighted by atomic mass is 10.2. The predicted octanol–water partition coefficient (Wildman–Crippen LogP) is 2.12. The maximum absolute atomic E-state index is 5.59. The molecular weight excluding hydrogens is 200 g/mol. The van der Waals surface area contributed by atoms with Crippen LogP contribution < -0.4 is 5.32 Å². The molecule has 1 N–H and O–H groups in total. The number of pyridine rings is 1. The molecule has 3 nitrogen and oxygen atoms in total. The Balaban J connectivity index is 1.67. The number of aromatic nitrogens is 1. The molecule has 0 unspecified atom stereocenters. The van der Waals surface area contributed by atoms with Crippen LogP contribution in [0.4, 0.5) is 0 Å². The monoisotopic (exact) mass is 220 g/mol. The lowest BCUT2D eigenvalue weighted by molar-refractivity contribution is 0.112. The Morgan fingerprint density at radius 1 is 1.44 bits per heavy atom. The Labute approximate surface area is 97.2 Å². The normalized spacial score (nSPS) is 15.3. The minimum absolute atomic E-state index is 0.645. The van der Waals surface area contributed by atoms with Gasteiger partial charge < -0.3 is 10.1 Å². The molecule has 0 radical (unpaired) electrons. The van der Waals surface area contributed by atoms with E-state index in [2.05, 4.69) is 16.4 Å². The summed E-state index contributed by atoms with van der Waals surface area (Å²) in [7, 11) is 1.94. The van der Waals surface area contributed by atoms with Crippen LogP contribution in [-0.4, -0.2) is 18.6 Å². The highest BCUT2D eigenvalue weighted by Gasteiger charge is 2.20. The Kier molecular flexibility index (Phi) is 4.31. The van der Waals surface area contributed by atoms with Crippen molar-refractivity contribution in [1.82, 2.24) is 10.3 Å². The summed E-state index contributed by atoms with van der Waals surface area (Å²) in [6, 6.07) is 4.15. The summed E-state index contributed by atoms with van der Waals surface area (Å²) in [5, 5.41) is 3.10. The molecule has 1 saturated carbocycles. The van der Waals surface area contributed by atoms with Crippen LogP contribution in [0, 0.1) is 5.92 Å². The van der Waals surface area contributed by atoms with Crippen molar-refractivity contribution in [3.63, 3.8) is 0 Å². The van der Waals surface area contributed by atoms with Gasteiger partial charge in [0.2, 0.25) is 0 Å². The van der Waals surface area contributed by atoms with Gasteiger partial charge in [-0.3, -0.25) is 4.98 Å². The summed E-state index contributed by atoms with van der Waals surface area (Å²) in [4.78, 5) is 4.36. The summed E-state index contributed by atoms with van der Waals surface area (Å²) in [6.45, 7) is 2.40. The highest BCUT2D eigenvalue weighted by atomic mass is 16.5. The lowest BCUT2D eigenvalue weighted by Crippen LogP contribution is -2.06. The fourth-order valence-corrected chi connectivity index (χ4v) is 1.68. The van der Waals surface area contributed by atoms with Crippen molar-refractivity contribution < 1.29 is 4.74 Å². The highest BCUT2D eigenvalue weighted by Crippen LogP contribution is 2.32. The van der Waals surface area contributed by atoms with E-state index < -0.39 is 0 Å². The van der Waals surface area contributed by atoms with E-state index in [-0.39, 0.29) is 0 Å². The fourth-order valence-electron chi connectivity index (χ4n) is 1.68. The molecule has 3 heteroatoms. The first-order valence-electron chi connectivity index (χ1n) is 6.04. The molecule has 16 heavy (non-hydrogen) atoms. The van der Waals surface area contributed by atoms with Crippen molar-refractivity contribution in [2.24, 2.45) is 5.92 Å². The van der Waals surface area contributed by atoms with Gasteiger partial charge in [-0.15, -0.1) is 0 Å². The standard InChI is InChI=1S/C13H20N2O/c1-14-8-12-4-5-13(15-9-12)10-16-7-6-11-2-3-11/h4-5,9,11,14H,2-3,6-8,10H2,1H3. The summed E-state index contributed by atoms with van der Waals surface area (Å²) in [5.41, 5.74) is 2.24. The van der Waals surface area contributed by atoms with Crippen LogP contribution in [-0.2, 0) is 17.9 Å². The van der Waals surface area contributed by atoms with Gasteiger partial charge in [0, 0.05) is 19.3 Å². The quantitative estimate of drug-likeness (QED) is 0.715. The predicted molar refractivity (Wildman–Crippen MR) is 64.0 cm³/mol. The zero-order chi connectivity index (χ0) is 11.2. The maximum Gasteiger partial charge on any atom is 0.0887 e. The van der Waals surface area contributed by atoms with Gasteiger partial charge in [0.15, 0.2) is 0 Å². The molecule has 0 saturated heterocycles. The van der Waals surface area contributed by atoms with Crippen molar-refractivity contribution in [2.75, 3.05) is 13.7 Å². The molecule has 0 aromatic carbocycles. The minimum Gasteiger partial charge on any atom is -0.375 e. The van der Waals surface area contributed by atoms with E-state index in [1.807, 2.05) is 19.3 Å². The SMILES string of the molecule is CNCc1ccc(COCCC2CC2)nc1. The Bertz CT molecular complexity index is 306. The number of hydrogen-bond acceptors (Lipinski definition) is 3. The largest absolute Gasteiger partial charge is 0.375 e. The van der Waals surface area contributed by atoms with Gasteiger partial charge >= 0.3 is 0 Å². The van der Waals surface area contributed by atoms with Crippen LogP contribution in [0.3, 0.4) is 0 Å². The molecule has 0 bridgehead atoms. The fraction of sp³-hybridized carbons (Fsp3) is 0.615. The van der Waals surface area contributed by atoms with Crippen molar-refractivity contribution in [3.8, 4) is 0 Å². The van der Waals surface area contributed by atoms with E-state index in [0.29, 0.717) is 6.61 Å². The number of ether oxygens (including phenoxy) is 1. The molecular formula is C13H20N2O. The van der Waals surface area contributed by atoms with E-state index in [9.17, 15) is 0 Å². The zero-order valence-electron chi connectivity index (χ0n) is 9.91. The molecule has 1 aliphatic rings. The van der Waals surface area contributed by atoms with Gasteiger partial charge in [-0.2, -0.15) is 0 Å². The van der Waals surface area contributed by atoms with Crippen LogP contribution in [0.1, 0.15) is 30.5 Å². The van der Waals surface area contributed by atoms with Gasteiger partial charge in [0.1, 0.15) is 0 Å². The zero-order valence-corrected chi connectivity index (χ0v) is 9.91. The lowest BCUT2D eigenvalue weighted by Gasteiger charge is -2.04. The third-order valence-corrected chi connectivity index (χ3v) is 2.88. The van der Waals surface area contributed by atoms with Crippen LogP contribution in [0.2, 0.25) is 0 Å². The van der Waals surface area contributed by atoms with Gasteiger partial charge in [-0.05, 0) is 31.0 Å². The van der Waals surface area contributed by atoms with Gasteiger partial charge in [-0.1, -0.05) is 18.9 Å². The van der Waals surface area contributed by atoms with E-state index in [0.717, 1.165) is 24.8 Å². The Morgan fingerprint density at radius 3 is 2.94 bits per heavy atom. The van der Waals surface area contributed by atoms with Gasteiger partial charge in [0.05, 0.1) is 12.3 Å². The second-order valence-electron chi connectivity index (χ2n) is 4.47. The molecule has 1 heterocycles. The van der Waals surface area contributed by atoms with Gasteiger partial charge in [0.25, 0.3) is 0 Å². The van der Waals surface area contributed by atoms with Gasteiger partial charge in [-0.25, -0.2) is 0 Å². The number of hydrogen-bond donors (Lipinski definition) is 1. The van der Waals surface area contributed by atoms with Crippen molar-refractivity contribution in [3.05, 3.63) is 29.6 Å². The second kappa shape index (κ2) is 5.97. The van der Waals surface area contributed by atoms with Crippen molar-refractivity contribution in [1.29, 1.82) is 0 Å². The molecule has 0 spiro atoms. The number of nitrogens with zero attached hydrogens (tertiary/aromatic N) is 1. The molecule has 1 fully saturated rings. The van der Waals surface area contributed by atoms with Crippen molar-refractivity contribution >= 4 is 0 Å². The van der Waals surface area contributed by atoms with E-state index in [1.165, 1.54) is 24.8 Å². The van der Waals surface area contributed by atoms with Crippen LogP contribution in [0.15, 0.2) is 18.3 Å². The molecule has 88 valence electrons. The third-order valence-electron chi connectivity index (χ3n) is 2.88. The molecule has 0 aliphatic heterocycles. The molecule has 1 aromatic heterocycles. The summed E-state index contributed by atoms with van der Waals surface area (Å²) < 4.78 is 5.59. The summed E-state index contributed by atoms with van der Waals surface area (Å²) in [5.74, 6) is 0.950. The third kappa shape index (κ3) is 3.91. The van der Waals surface area contributed by atoms with E-state index in [4.69, 9.17) is 4.74 Å². The maximum atomic E-state index is 5.59. The number of rotatable bonds is 7. The molecule has 0 atom stereocenters. The molecule has 0 amide bonds. The minimum atomic E-state index is 0.645. The van der Waals surface area contributed by atoms with Crippen LogP contribution >= 0.6 is 0 Å². The first kappa shape index (κ1) is 11.6. The first-order valence-corrected chi connectivity index (χ1v) is 6.04. The highest BCUT2D eigenvalue weighted by molar-refractivity contribution is 5.13. The van der Waals surface area contributed by atoms with Crippen LogP contribution in [0.5, 0.6) is 0 Å². The molecule has 2 rings (SSSR count). The second-order valence-corrected chi connectivity index (χ2v) is 4.47. The summed E-state index contributed by atoms with van der Waals surface area (Å²) >= 11 is 0. The van der Waals surface area contributed by atoms with E-state index in [1.54, 1.807) is 0 Å². The molecule has 1 aliphatic carbocycles. The average molecular weight is 220 g/mol. The van der Waals surface area contributed by atoms with E-state index >= 15 is 0 Å². The smallest absolute Gasteiger partial charge is 0.0887 e. The van der Waals surface area contributed by atoms with Crippen LogP contribution in [0.25, 0.3) is 0 Å².